The molecule has 0 saturated carbocycles. The lowest BCUT2D eigenvalue weighted by Crippen LogP contribution is -2.52. The average molecular weight is 375 g/mol. The Labute approximate surface area is 160 Å². The lowest BCUT2D eigenvalue weighted by atomic mass is 10.0. The topological polar surface area (TPSA) is 82.1 Å². The standard InChI is InChI=1S/C20H29N3O4/c1-21-20(26)18-12-16(24)13-23(18)15-6-8-22(9-7-15)19(25)11-14-4-3-5-17(10-14)27-2/h3-5,10,15-16,18,24H,6-9,11-13H2,1-2H3,(H,21,26)/t16-,18+/m1/s1. The van der Waals surface area contributed by atoms with Gasteiger partial charge in [-0.3, -0.25) is 14.5 Å². The molecule has 2 aliphatic rings. The van der Waals surface area contributed by atoms with Crippen LogP contribution in [-0.4, -0.2) is 78.7 Å². The highest BCUT2D eigenvalue weighted by atomic mass is 16.5. The number of rotatable bonds is 5. The third-order valence-electron chi connectivity index (χ3n) is 5.64. The number of carbonyl (C=O) groups excluding carboxylic acids is 2. The van der Waals surface area contributed by atoms with Gasteiger partial charge in [-0.15, -0.1) is 0 Å². The van der Waals surface area contributed by atoms with Gasteiger partial charge >= 0.3 is 0 Å². The molecule has 1 aromatic rings. The van der Waals surface area contributed by atoms with Crippen molar-refractivity contribution in [2.75, 3.05) is 33.8 Å². The first kappa shape index (κ1) is 19.6. The van der Waals surface area contributed by atoms with E-state index in [0.29, 0.717) is 32.5 Å². The molecule has 2 saturated heterocycles. The maximum atomic E-state index is 12.6. The average Bonchev–Trinajstić information content (AvgIpc) is 3.09. The summed E-state index contributed by atoms with van der Waals surface area (Å²) < 4.78 is 5.22. The van der Waals surface area contributed by atoms with Crippen molar-refractivity contribution in [2.45, 2.75) is 43.9 Å². The maximum absolute atomic E-state index is 12.6. The molecule has 0 bridgehead atoms. The molecule has 2 atom stereocenters. The van der Waals surface area contributed by atoms with Crippen LogP contribution in [-0.2, 0) is 16.0 Å². The van der Waals surface area contributed by atoms with Gasteiger partial charge in [0.05, 0.1) is 25.7 Å². The van der Waals surface area contributed by atoms with E-state index in [9.17, 15) is 14.7 Å². The molecule has 0 spiro atoms. The third kappa shape index (κ3) is 4.59. The van der Waals surface area contributed by atoms with Crippen LogP contribution in [0.2, 0.25) is 0 Å². The number of aliphatic hydroxyl groups excluding tert-OH is 1. The molecule has 2 fully saturated rings. The van der Waals surface area contributed by atoms with E-state index in [1.807, 2.05) is 29.2 Å². The number of nitrogens with zero attached hydrogens (tertiary/aromatic N) is 2. The third-order valence-corrected chi connectivity index (χ3v) is 5.64. The van der Waals surface area contributed by atoms with Gasteiger partial charge < -0.3 is 20.1 Å². The molecule has 148 valence electrons. The smallest absolute Gasteiger partial charge is 0.237 e. The molecule has 2 N–H and O–H groups in total. The minimum Gasteiger partial charge on any atom is -0.497 e. The van der Waals surface area contributed by atoms with Crippen LogP contribution in [0.15, 0.2) is 24.3 Å². The zero-order valence-corrected chi connectivity index (χ0v) is 16.1. The fourth-order valence-corrected chi connectivity index (χ4v) is 4.18. The highest BCUT2D eigenvalue weighted by Crippen LogP contribution is 2.27. The first-order chi connectivity index (χ1) is 13.0. The van der Waals surface area contributed by atoms with Gasteiger partial charge in [-0.2, -0.15) is 0 Å². The predicted molar refractivity (Wildman–Crippen MR) is 101 cm³/mol. The summed E-state index contributed by atoms with van der Waals surface area (Å²) in [5.41, 5.74) is 0.948. The largest absolute Gasteiger partial charge is 0.497 e. The number of aliphatic hydroxyl groups is 1. The lowest BCUT2D eigenvalue weighted by molar-refractivity contribution is -0.133. The second-order valence-corrected chi connectivity index (χ2v) is 7.36. The molecule has 27 heavy (non-hydrogen) atoms. The number of methoxy groups -OCH3 is 1. The number of likely N-dealkylation sites (N-methyl/N-ethyl adjacent to an activating group) is 1. The van der Waals surface area contributed by atoms with E-state index < -0.39 is 6.10 Å². The SMILES string of the molecule is CNC(=O)[C@@H]1C[C@@H](O)CN1C1CCN(C(=O)Cc2cccc(OC)c2)CC1. The number of piperidine rings is 1. The van der Waals surface area contributed by atoms with Crippen molar-refractivity contribution in [3.63, 3.8) is 0 Å². The van der Waals surface area contributed by atoms with Gasteiger partial charge in [-0.1, -0.05) is 12.1 Å². The summed E-state index contributed by atoms with van der Waals surface area (Å²) >= 11 is 0. The van der Waals surface area contributed by atoms with Crippen molar-refractivity contribution in [1.82, 2.24) is 15.1 Å². The van der Waals surface area contributed by atoms with E-state index in [2.05, 4.69) is 10.2 Å². The van der Waals surface area contributed by atoms with Gasteiger partial charge in [-0.05, 0) is 37.0 Å². The minimum absolute atomic E-state index is 0.0388. The first-order valence-electron chi connectivity index (χ1n) is 9.58. The summed E-state index contributed by atoms with van der Waals surface area (Å²) in [6.45, 7) is 1.89. The van der Waals surface area contributed by atoms with Crippen LogP contribution in [0.4, 0.5) is 0 Å². The van der Waals surface area contributed by atoms with Crippen molar-refractivity contribution < 1.29 is 19.4 Å². The van der Waals surface area contributed by atoms with Crippen LogP contribution in [0.5, 0.6) is 5.75 Å². The zero-order chi connectivity index (χ0) is 19.4. The van der Waals surface area contributed by atoms with E-state index in [0.717, 1.165) is 24.2 Å². The number of nitrogens with one attached hydrogen (secondary N) is 1. The van der Waals surface area contributed by atoms with Gasteiger partial charge in [-0.25, -0.2) is 0 Å². The molecular formula is C20H29N3O4. The van der Waals surface area contributed by atoms with Crippen LogP contribution < -0.4 is 10.1 Å². The van der Waals surface area contributed by atoms with E-state index in [-0.39, 0.29) is 23.9 Å². The number of carbonyl (C=O) groups is 2. The second kappa shape index (κ2) is 8.71. The fourth-order valence-electron chi connectivity index (χ4n) is 4.18. The van der Waals surface area contributed by atoms with Gasteiger partial charge in [0.2, 0.25) is 11.8 Å². The van der Waals surface area contributed by atoms with Crippen LogP contribution in [0.1, 0.15) is 24.8 Å². The number of benzene rings is 1. The summed E-state index contributed by atoms with van der Waals surface area (Å²) in [5, 5.41) is 12.7. The van der Waals surface area contributed by atoms with Crippen molar-refractivity contribution in [1.29, 1.82) is 0 Å². The quantitative estimate of drug-likeness (QED) is 0.779. The number of hydrogen-bond donors (Lipinski definition) is 2. The Hall–Kier alpha value is -2.12. The Bertz CT molecular complexity index is 673. The van der Waals surface area contributed by atoms with Crippen LogP contribution >= 0.6 is 0 Å². The molecule has 0 aliphatic carbocycles. The molecule has 3 rings (SSSR count). The Morgan fingerprint density at radius 3 is 2.70 bits per heavy atom. The number of hydrogen-bond acceptors (Lipinski definition) is 5. The van der Waals surface area contributed by atoms with Crippen molar-refractivity contribution in [2.24, 2.45) is 0 Å². The van der Waals surface area contributed by atoms with Gasteiger partial charge in [0.25, 0.3) is 0 Å². The normalized spacial score (nSPS) is 24.0. The van der Waals surface area contributed by atoms with Crippen LogP contribution in [0.3, 0.4) is 0 Å². The first-order valence-corrected chi connectivity index (χ1v) is 9.58. The van der Waals surface area contributed by atoms with Crippen molar-refractivity contribution >= 4 is 11.8 Å². The summed E-state index contributed by atoms with van der Waals surface area (Å²) in [6, 6.07) is 7.55. The summed E-state index contributed by atoms with van der Waals surface area (Å²) in [4.78, 5) is 28.8. The number of β-amino-alcohol motifs (C(OH)–C–C–N with tert-alkyl or cyclic N) is 1. The van der Waals surface area contributed by atoms with Crippen molar-refractivity contribution in [3.8, 4) is 5.75 Å². The number of likely N-dealkylation sites (tertiary alicyclic amines) is 2. The number of ether oxygens (including phenoxy) is 1. The van der Waals surface area contributed by atoms with Crippen LogP contribution in [0.25, 0.3) is 0 Å². The van der Waals surface area contributed by atoms with E-state index in [1.165, 1.54) is 0 Å². The monoisotopic (exact) mass is 375 g/mol. The molecule has 0 unspecified atom stereocenters. The predicted octanol–water partition coefficient (Wildman–Crippen LogP) is 0.410. The van der Waals surface area contributed by atoms with Crippen LogP contribution in [0, 0.1) is 0 Å². The Morgan fingerprint density at radius 2 is 2.04 bits per heavy atom. The molecule has 0 radical (unpaired) electrons. The lowest BCUT2D eigenvalue weighted by Gasteiger charge is -2.38. The Balaban J connectivity index is 1.55. The molecule has 2 heterocycles. The van der Waals surface area contributed by atoms with Crippen molar-refractivity contribution in [3.05, 3.63) is 29.8 Å². The zero-order valence-electron chi connectivity index (χ0n) is 16.1. The summed E-state index contributed by atoms with van der Waals surface area (Å²) in [7, 11) is 3.25. The highest BCUT2D eigenvalue weighted by molar-refractivity contribution is 5.82. The molecular weight excluding hydrogens is 346 g/mol. The van der Waals surface area contributed by atoms with Gasteiger partial charge in [0.1, 0.15) is 5.75 Å². The molecule has 7 heteroatoms. The van der Waals surface area contributed by atoms with Gasteiger partial charge in [0, 0.05) is 32.7 Å². The maximum Gasteiger partial charge on any atom is 0.237 e. The second-order valence-electron chi connectivity index (χ2n) is 7.36. The number of amides is 2. The summed E-state index contributed by atoms with van der Waals surface area (Å²) in [5.74, 6) is 0.834. The molecule has 2 aliphatic heterocycles. The fraction of sp³-hybridized carbons (Fsp3) is 0.600. The van der Waals surface area contributed by atoms with E-state index >= 15 is 0 Å². The molecule has 0 aromatic heterocycles. The minimum atomic E-state index is -0.458. The molecule has 1 aromatic carbocycles. The Morgan fingerprint density at radius 1 is 1.30 bits per heavy atom. The highest BCUT2D eigenvalue weighted by Gasteiger charge is 2.40. The van der Waals surface area contributed by atoms with E-state index in [1.54, 1.807) is 14.2 Å². The Kier molecular flexibility index (Phi) is 6.34. The van der Waals surface area contributed by atoms with Gasteiger partial charge in [0.15, 0.2) is 0 Å². The summed E-state index contributed by atoms with van der Waals surface area (Å²) in [6.07, 6.45) is 2.04. The molecule has 2 amide bonds. The molecule has 7 nitrogen and oxygen atoms in total. The van der Waals surface area contributed by atoms with E-state index in [4.69, 9.17) is 4.74 Å².